The van der Waals surface area contributed by atoms with Crippen LogP contribution in [0.1, 0.15) is 13.8 Å². The second-order valence-electron chi connectivity index (χ2n) is 2.82. The van der Waals surface area contributed by atoms with Crippen molar-refractivity contribution in [3.05, 3.63) is 0 Å². The van der Waals surface area contributed by atoms with E-state index in [1.165, 1.54) is 13.8 Å². The van der Waals surface area contributed by atoms with Crippen LogP contribution < -0.4 is 0 Å². The summed E-state index contributed by atoms with van der Waals surface area (Å²) in [6.07, 6.45) is -0.565. The van der Waals surface area contributed by atoms with E-state index in [0.29, 0.717) is 6.61 Å². The molecule has 0 amide bonds. The minimum absolute atomic E-state index is 0.0690. The smallest absolute Gasteiger partial charge is 0.303 e. The van der Waals surface area contributed by atoms with Gasteiger partial charge in [-0.1, -0.05) is 0 Å². The van der Waals surface area contributed by atoms with Crippen LogP contribution in [0, 0.1) is 0 Å². The molecule has 1 saturated heterocycles. The molecule has 74 valence electrons. The molecule has 0 aromatic heterocycles. The Morgan fingerprint density at radius 1 is 1.46 bits per heavy atom. The van der Waals surface area contributed by atoms with Crippen molar-refractivity contribution in [2.45, 2.75) is 26.1 Å². The minimum Gasteiger partial charge on any atom is -0.462 e. The normalized spacial score (nSPS) is 21.8. The van der Waals surface area contributed by atoms with Crippen LogP contribution in [0.2, 0.25) is 0 Å². The van der Waals surface area contributed by atoms with Gasteiger partial charge in [0.1, 0.15) is 12.7 Å². The Morgan fingerprint density at radius 2 is 2.08 bits per heavy atom. The van der Waals surface area contributed by atoms with Crippen LogP contribution in [0.25, 0.3) is 0 Å². The first-order valence-electron chi connectivity index (χ1n) is 4.02. The summed E-state index contributed by atoms with van der Waals surface area (Å²) in [5.74, 6) is -0.787. The van der Waals surface area contributed by atoms with E-state index in [-0.39, 0.29) is 12.7 Å². The number of ether oxygens (including phenoxy) is 3. The maximum absolute atomic E-state index is 10.6. The predicted octanol–water partition coefficient (Wildman–Crippen LogP) is -0.120. The number of hydrogen-bond acceptors (Lipinski definition) is 5. The largest absolute Gasteiger partial charge is 0.462 e. The van der Waals surface area contributed by atoms with Gasteiger partial charge >= 0.3 is 11.9 Å². The van der Waals surface area contributed by atoms with Crippen LogP contribution in [-0.2, 0) is 23.8 Å². The highest BCUT2D eigenvalue weighted by Gasteiger charge is 2.35. The summed E-state index contributed by atoms with van der Waals surface area (Å²) in [5, 5.41) is 0. The first-order chi connectivity index (χ1) is 6.09. The van der Waals surface area contributed by atoms with Gasteiger partial charge in [0.2, 0.25) is 0 Å². The molecule has 0 spiro atoms. The van der Waals surface area contributed by atoms with E-state index in [0.717, 1.165) is 0 Å². The molecule has 13 heavy (non-hydrogen) atoms. The summed E-state index contributed by atoms with van der Waals surface area (Å²) in [6.45, 7) is 3.24. The first kappa shape index (κ1) is 9.98. The average molecular weight is 188 g/mol. The number of epoxide rings is 1. The van der Waals surface area contributed by atoms with Gasteiger partial charge in [0.15, 0.2) is 6.10 Å². The van der Waals surface area contributed by atoms with Crippen LogP contribution >= 0.6 is 0 Å². The van der Waals surface area contributed by atoms with Crippen LogP contribution in [0.3, 0.4) is 0 Å². The maximum Gasteiger partial charge on any atom is 0.303 e. The molecular weight excluding hydrogens is 176 g/mol. The topological polar surface area (TPSA) is 65.1 Å². The highest BCUT2D eigenvalue weighted by Crippen LogP contribution is 2.17. The number of esters is 2. The summed E-state index contributed by atoms with van der Waals surface area (Å²) in [7, 11) is 0. The van der Waals surface area contributed by atoms with Gasteiger partial charge in [-0.25, -0.2) is 0 Å². The molecule has 5 nitrogen and oxygen atoms in total. The van der Waals surface area contributed by atoms with E-state index < -0.39 is 18.0 Å². The lowest BCUT2D eigenvalue weighted by Gasteiger charge is -2.13. The SMILES string of the molecule is CC(=O)OC[C@@H](OC(C)=O)[C@H]1CO1. The van der Waals surface area contributed by atoms with Crippen molar-refractivity contribution < 1.29 is 23.8 Å². The Bertz CT molecular complexity index is 209. The van der Waals surface area contributed by atoms with E-state index >= 15 is 0 Å². The fourth-order valence-electron chi connectivity index (χ4n) is 0.900. The van der Waals surface area contributed by atoms with Crippen molar-refractivity contribution in [1.82, 2.24) is 0 Å². The molecule has 1 fully saturated rings. The summed E-state index contributed by atoms with van der Waals surface area (Å²) in [4.78, 5) is 21.1. The monoisotopic (exact) mass is 188 g/mol. The van der Waals surface area contributed by atoms with Gasteiger partial charge in [-0.15, -0.1) is 0 Å². The number of rotatable bonds is 4. The second kappa shape index (κ2) is 4.23. The van der Waals surface area contributed by atoms with Gasteiger partial charge in [-0.3, -0.25) is 9.59 Å². The lowest BCUT2D eigenvalue weighted by atomic mass is 10.3. The van der Waals surface area contributed by atoms with Gasteiger partial charge in [0.05, 0.1) is 6.61 Å². The molecule has 0 aliphatic carbocycles. The molecule has 2 atom stereocenters. The number of carbonyl (C=O) groups excluding carboxylic acids is 2. The van der Waals surface area contributed by atoms with Gasteiger partial charge in [-0.05, 0) is 0 Å². The summed E-state index contributed by atoms with van der Waals surface area (Å²) in [5.41, 5.74) is 0. The minimum atomic E-state index is -0.457. The van der Waals surface area contributed by atoms with Gasteiger partial charge in [0.25, 0.3) is 0 Å². The summed E-state index contributed by atoms with van der Waals surface area (Å²) < 4.78 is 14.5. The molecule has 1 aliphatic heterocycles. The zero-order valence-corrected chi connectivity index (χ0v) is 7.61. The quantitative estimate of drug-likeness (QED) is 0.454. The average Bonchev–Trinajstić information content (AvgIpc) is 2.78. The summed E-state index contributed by atoms with van der Waals surface area (Å²) >= 11 is 0. The maximum atomic E-state index is 10.6. The van der Waals surface area contributed by atoms with Crippen molar-refractivity contribution in [2.75, 3.05) is 13.2 Å². The van der Waals surface area contributed by atoms with Gasteiger partial charge in [0, 0.05) is 13.8 Å². The van der Waals surface area contributed by atoms with Crippen molar-refractivity contribution >= 4 is 11.9 Å². The highest BCUT2D eigenvalue weighted by molar-refractivity contribution is 5.67. The fourth-order valence-corrected chi connectivity index (χ4v) is 0.900. The van der Waals surface area contributed by atoms with Crippen molar-refractivity contribution in [1.29, 1.82) is 0 Å². The lowest BCUT2D eigenvalue weighted by molar-refractivity contribution is -0.157. The molecule has 1 heterocycles. The third kappa shape index (κ3) is 3.89. The van der Waals surface area contributed by atoms with E-state index in [9.17, 15) is 9.59 Å². The van der Waals surface area contributed by atoms with Gasteiger partial charge < -0.3 is 14.2 Å². The number of hydrogen-bond donors (Lipinski definition) is 0. The Morgan fingerprint density at radius 3 is 2.46 bits per heavy atom. The van der Waals surface area contributed by atoms with Gasteiger partial charge in [-0.2, -0.15) is 0 Å². The number of carbonyl (C=O) groups is 2. The molecule has 0 aromatic carbocycles. The van der Waals surface area contributed by atoms with E-state index in [4.69, 9.17) is 14.2 Å². The zero-order valence-electron chi connectivity index (χ0n) is 7.61. The third-order valence-corrected chi connectivity index (χ3v) is 1.54. The third-order valence-electron chi connectivity index (χ3n) is 1.54. The first-order valence-corrected chi connectivity index (χ1v) is 4.02. The molecule has 0 aromatic rings. The van der Waals surface area contributed by atoms with Crippen LogP contribution in [0.4, 0.5) is 0 Å². The Labute approximate surface area is 76.0 Å². The predicted molar refractivity (Wildman–Crippen MR) is 41.9 cm³/mol. The molecular formula is C8H12O5. The standard InChI is InChI=1S/C8H12O5/c1-5(9)11-4-8(7-3-12-7)13-6(2)10/h7-8H,3-4H2,1-2H3/t7-,8-/m1/s1. The molecule has 0 bridgehead atoms. The van der Waals surface area contributed by atoms with E-state index in [1.54, 1.807) is 0 Å². The Balaban J connectivity index is 2.29. The van der Waals surface area contributed by atoms with Crippen LogP contribution in [0.15, 0.2) is 0 Å². The Hall–Kier alpha value is -1.10. The summed E-state index contributed by atoms with van der Waals surface area (Å²) in [6, 6.07) is 0. The molecule has 0 N–H and O–H groups in total. The van der Waals surface area contributed by atoms with E-state index in [1.807, 2.05) is 0 Å². The van der Waals surface area contributed by atoms with Crippen molar-refractivity contribution in [3.8, 4) is 0 Å². The van der Waals surface area contributed by atoms with Crippen molar-refractivity contribution in [2.24, 2.45) is 0 Å². The van der Waals surface area contributed by atoms with Crippen LogP contribution in [0.5, 0.6) is 0 Å². The molecule has 1 rings (SSSR count). The molecule has 5 heteroatoms. The van der Waals surface area contributed by atoms with E-state index in [2.05, 4.69) is 0 Å². The molecule has 0 saturated carbocycles. The second-order valence-corrected chi connectivity index (χ2v) is 2.82. The van der Waals surface area contributed by atoms with Crippen molar-refractivity contribution in [3.63, 3.8) is 0 Å². The molecule has 1 aliphatic rings. The fraction of sp³-hybridized carbons (Fsp3) is 0.750. The van der Waals surface area contributed by atoms with Crippen LogP contribution in [-0.4, -0.2) is 37.4 Å². The highest BCUT2D eigenvalue weighted by atomic mass is 16.6. The molecule has 0 radical (unpaired) electrons. The Kier molecular flexibility index (Phi) is 3.25. The molecule has 0 unspecified atom stereocenters. The lowest BCUT2D eigenvalue weighted by Crippen LogP contribution is -2.28. The zero-order chi connectivity index (χ0) is 9.84.